The summed E-state index contributed by atoms with van der Waals surface area (Å²) >= 11 is 4.66. The maximum atomic E-state index is 11.5. The van der Waals surface area contributed by atoms with Gasteiger partial charge in [-0.1, -0.05) is 23.9 Å². The van der Waals surface area contributed by atoms with Crippen molar-refractivity contribution >= 4 is 33.6 Å². The van der Waals surface area contributed by atoms with Crippen molar-refractivity contribution in [1.82, 2.24) is 15.5 Å². The Morgan fingerprint density at radius 3 is 2.85 bits per heavy atom. The van der Waals surface area contributed by atoms with Gasteiger partial charge in [0.2, 0.25) is 11.8 Å². The summed E-state index contributed by atoms with van der Waals surface area (Å²) in [5.74, 6) is 0.644. The second-order valence-electron chi connectivity index (χ2n) is 4.36. The first-order valence-electron chi connectivity index (χ1n) is 6.07. The van der Waals surface area contributed by atoms with E-state index in [0.29, 0.717) is 11.1 Å². The van der Waals surface area contributed by atoms with Crippen LogP contribution in [0.25, 0.3) is 11.5 Å². The third-order valence-electron chi connectivity index (χ3n) is 2.29. The summed E-state index contributed by atoms with van der Waals surface area (Å²) in [7, 11) is 0. The molecular formula is C13H14BrN3O2S. The quantitative estimate of drug-likeness (QED) is 0.834. The molecule has 1 amide bonds. The van der Waals surface area contributed by atoms with Crippen LogP contribution in [0.15, 0.2) is 38.4 Å². The van der Waals surface area contributed by atoms with Crippen LogP contribution in [0.4, 0.5) is 0 Å². The molecule has 106 valence electrons. The summed E-state index contributed by atoms with van der Waals surface area (Å²) in [6, 6.07) is 7.73. The van der Waals surface area contributed by atoms with Crippen LogP contribution in [0.1, 0.15) is 13.8 Å². The van der Waals surface area contributed by atoms with Crippen LogP contribution in [0, 0.1) is 0 Å². The SMILES string of the molecule is CC(C)NC(=O)CSc1nnc(-c2ccccc2Br)o1. The molecule has 5 nitrogen and oxygen atoms in total. The van der Waals surface area contributed by atoms with Crippen LogP contribution >= 0.6 is 27.7 Å². The van der Waals surface area contributed by atoms with Gasteiger partial charge >= 0.3 is 0 Å². The van der Waals surface area contributed by atoms with Crippen molar-refractivity contribution in [3.63, 3.8) is 0 Å². The molecule has 0 saturated heterocycles. The van der Waals surface area contributed by atoms with Gasteiger partial charge in [0.15, 0.2) is 0 Å². The van der Waals surface area contributed by atoms with E-state index in [4.69, 9.17) is 4.42 Å². The molecule has 1 heterocycles. The lowest BCUT2D eigenvalue weighted by atomic mass is 10.2. The first kappa shape index (κ1) is 15.1. The van der Waals surface area contributed by atoms with Gasteiger partial charge in [0, 0.05) is 10.5 Å². The molecule has 20 heavy (non-hydrogen) atoms. The van der Waals surface area contributed by atoms with Gasteiger partial charge in [0.1, 0.15) is 0 Å². The average Bonchev–Trinajstić information content (AvgIpc) is 2.85. The zero-order valence-electron chi connectivity index (χ0n) is 11.1. The van der Waals surface area contributed by atoms with Gasteiger partial charge in [0.25, 0.3) is 5.22 Å². The molecule has 2 aromatic rings. The fraction of sp³-hybridized carbons (Fsp3) is 0.308. The first-order chi connectivity index (χ1) is 9.56. The molecule has 0 fully saturated rings. The number of nitrogens with zero attached hydrogens (tertiary/aromatic N) is 2. The number of amides is 1. The van der Waals surface area contributed by atoms with E-state index in [1.807, 2.05) is 38.1 Å². The lowest BCUT2D eigenvalue weighted by Gasteiger charge is -2.06. The predicted octanol–water partition coefficient (Wildman–Crippen LogP) is 3.12. The summed E-state index contributed by atoms with van der Waals surface area (Å²) in [4.78, 5) is 11.5. The molecule has 0 aliphatic rings. The number of hydrogen-bond donors (Lipinski definition) is 1. The fourth-order valence-electron chi connectivity index (χ4n) is 1.50. The molecule has 0 spiro atoms. The Morgan fingerprint density at radius 2 is 2.15 bits per heavy atom. The highest BCUT2D eigenvalue weighted by Gasteiger charge is 2.13. The van der Waals surface area contributed by atoms with Crippen LogP contribution in [0.3, 0.4) is 0 Å². The van der Waals surface area contributed by atoms with E-state index in [2.05, 4.69) is 31.4 Å². The lowest BCUT2D eigenvalue weighted by molar-refractivity contribution is -0.119. The zero-order chi connectivity index (χ0) is 14.5. The predicted molar refractivity (Wildman–Crippen MR) is 81.4 cm³/mol. The van der Waals surface area contributed by atoms with E-state index in [9.17, 15) is 4.79 Å². The summed E-state index contributed by atoms with van der Waals surface area (Å²) in [6.07, 6.45) is 0. The summed E-state index contributed by atoms with van der Waals surface area (Å²) in [5, 5.41) is 11.1. The van der Waals surface area contributed by atoms with E-state index in [-0.39, 0.29) is 17.7 Å². The molecule has 2 rings (SSSR count). The molecule has 0 unspecified atom stereocenters. The normalized spacial score (nSPS) is 10.8. The molecule has 1 N–H and O–H groups in total. The first-order valence-corrected chi connectivity index (χ1v) is 7.84. The highest BCUT2D eigenvalue weighted by atomic mass is 79.9. The molecule has 0 saturated carbocycles. The Hall–Kier alpha value is -1.34. The van der Waals surface area contributed by atoms with Crippen molar-refractivity contribution in [2.24, 2.45) is 0 Å². The average molecular weight is 356 g/mol. The number of aromatic nitrogens is 2. The topological polar surface area (TPSA) is 68.0 Å². The zero-order valence-corrected chi connectivity index (χ0v) is 13.5. The van der Waals surface area contributed by atoms with Gasteiger partial charge in [-0.05, 0) is 41.9 Å². The minimum Gasteiger partial charge on any atom is -0.411 e. The van der Waals surface area contributed by atoms with E-state index in [1.165, 1.54) is 11.8 Å². The van der Waals surface area contributed by atoms with E-state index in [0.717, 1.165) is 10.0 Å². The van der Waals surface area contributed by atoms with Crippen molar-refractivity contribution in [2.75, 3.05) is 5.75 Å². The Labute approximate surface area is 129 Å². The summed E-state index contributed by atoms with van der Waals surface area (Å²) < 4.78 is 6.42. The molecule has 0 bridgehead atoms. The number of rotatable bonds is 5. The van der Waals surface area contributed by atoms with Gasteiger partial charge in [-0.3, -0.25) is 4.79 Å². The molecule has 0 aliphatic carbocycles. The number of carbonyl (C=O) groups is 1. The Morgan fingerprint density at radius 1 is 1.40 bits per heavy atom. The second-order valence-corrected chi connectivity index (χ2v) is 6.14. The Bertz CT molecular complexity index is 601. The maximum absolute atomic E-state index is 11.5. The number of nitrogens with one attached hydrogen (secondary N) is 1. The Kier molecular flexibility index (Phi) is 5.19. The number of hydrogen-bond acceptors (Lipinski definition) is 5. The van der Waals surface area contributed by atoms with Gasteiger partial charge in [-0.2, -0.15) is 0 Å². The highest BCUT2D eigenvalue weighted by Crippen LogP contribution is 2.28. The standard InChI is InChI=1S/C13H14BrN3O2S/c1-8(2)15-11(18)7-20-13-17-16-12(19-13)9-5-3-4-6-10(9)14/h3-6,8H,7H2,1-2H3,(H,15,18). The number of thioether (sulfide) groups is 1. The third kappa shape index (κ3) is 4.08. The van der Waals surface area contributed by atoms with Gasteiger partial charge < -0.3 is 9.73 Å². The minimum absolute atomic E-state index is 0.0503. The second kappa shape index (κ2) is 6.90. The van der Waals surface area contributed by atoms with E-state index in [1.54, 1.807) is 0 Å². The fourth-order valence-corrected chi connectivity index (χ4v) is 2.53. The van der Waals surface area contributed by atoms with Crippen molar-refractivity contribution in [3.05, 3.63) is 28.7 Å². The Balaban J connectivity index is 2.00. The summed E-state index contributed by atoms with van der Waals surface area (Å²) in [6.45, 7) is 3.83. The lowest BCUT2D eigenvalue weighted by Crippen LogP contribution is -2.31. The minimum atomic E-state index is -0.0503. The largest absolute Gasteiger partial charge is 0.411 e. The monoisotopic (exact) mass is 355 g/mol. The van der Waals surface area contributed by atoms with Crippen LogP contribution < -0.4 is 5.32 Å². The number of halogens is 1. The van der Waals surface area contributed by atoms with E-state index >= 15 is 0 Å². The van der Waals surface area contributed by atoms with E-state index < -0.39 is 0 Å². The molecule has 0 aliphatic heterocycles. The highest BCUT2D eigenvalue weighted by molar-refractivity contribution is 9.10. The third-order valence-corrected chi connectivity index (χ3v) is 3.80. The number of carbonyl (C=O) groups excluding carboxylic acids is 1. The smallest absolute Gasteiger partial charge is 0.277 e. The molecule has 0 radical (unpaired) electrons. The summed E-state index contributed by atoms with van der Waals surface area (Å²) in [5.41, 5.74) is 0.832. The van der Waals surface area contributed by atoms with Crippen LogP contribution in [-0.2, 0) is 4.79 Å². The number of benzene rings is 1. The molecule has 1 aromatic heterocycles. The van der Waals surface area contributed by atoms with Crippen molar-refractivity contribution in [1.29, 1.82) is 0 Å². The maximum Gasteiger partial charge on any atom is 0.277 e. The van der Waals surface area contributed by atoms with Gasteiger partial charge in [-0.15, -0.1) is 10.2 Å². The van der Waals surface area contributed by atoms with Crippen molar-refractivity contribution in [2.45, 2.75) is 25.1 Å². The van der Waals surface area contributed by atoms with Crippen LogP contribution in [0.5, 0.6) is 0 Å². The van der Waals surface area contributed by atoms with Crippen LogP contribution in [0.2, 0.25) is 0 Å². The van der Waals surface area contributed by atoms with Gasteiger partial charge in [-0.25, -0.2) is 0 Å². The van der Waals surface area contributed by atoms with Crippen molar-refractivity contribution < 1.29 is 9.21 Å². The molecule has 7 heteroatoms. The molecule has 0 atom stereocenters. The molecule has 1 aromatic carbocycles. The van der Waals surface area contributed by atoms with Crippen molar-refractivity contribution in [3.8, 4) is 11.5 Å². The molecular weight excluding hydrogens is 342 g/mol. The van der Waals surface area contributed by atoms with Gasteiger partial charge in [0.05, 0.1) is 11.3 Å². The van der Waals surface area contributed by atoms with Crippen LogP contribution in [-0.4, -0.2) is 27.9 Å².